The molecule has 1 atom stereocenters. The molecule has 96 valence electrons. The van der Waals surface area contributed by atoms with Crippen molar-refractivity contribution < 1.29 is 9.15 Å². The van der Waals surface area contributed by atoms with Gasteiger partial charge in [0.05, 0.1) is 12.3 Å². The lowest BCUT2D eigenvalue weighted by Crippen LogP contribution is -2.17. The second kappa shape index (κ2) is 6.77. The van der Waals surface area contributed by atoms with E-state index < -0.39 is 0 Å². The van der Waals surface area contributed by atoms with Crippen LogP contribution in [0.1, 0.15) is 37.8 Å². The topological polar surface area (TPSA) is 47.3 Å². The second-order valence-electron chi connectivity index (χ2n) is 4.56. The van der Waals surface area contributed by atoms with Crippen LogP contribution in [0.3, 0.4) is 0 Å². The van der Waals surface area contributed by atoms with Gasteiger partial charge < -0.3 is 14.5 Å². The quantitative estimate of drug-likeness (QED) is 0.737. The first-order valence-corrected chi connectivity index (χ1v) is 6.64. The Morgan fingerprint density at radius 2 is 2.41 bits per heavy atom. The highest BCUT2D eigenvalue weighted by Gasteiger charge is 2.17. The number of nitrogens with zero attached hydrogens (tertiary/aromatic N) is 1. The van der Waals surface area contributed by atoms with E-state index in [-0.39, 0.29) is 0 Å². The van der Waals surface area contributed by atoms with Gasteiger partial charge in [0.2, 0.25) is 0 Å². The summed E-state index contributed by atoms with van der Waals surface area (Å²) in [5, 5.41) is 3.34. The molecule has 4 nitrogen and oxygen atoms in total. The molecule has 1 aromatic rings. The summed E-state index contributed by atoms with van der Waals surface area (Å²) in [5.74, 6) is 1.80. The van der Waals surface area contributed by atoms with Crippen molar-refractivity contribution in [3.05, 3.63) is 17.8 Å². The van der Waals surface area contributed by atoms with Crippen molar-refractivity contribution >= 4 is 0 Å². The zero-order valence-electron chi connectivity index (χ0n) is 10.6. The predicted molar refractivity (Wildman–Crippen MR) is 66.0 cm³/mol. The van der Waals surface area contributed by atoms with Gasteiger partial charge in [0, 0.05) is 26.0 Å². The summed E-state index contributed by atoms with van der Waals surface area (Å²) in [5.41, 5.74) is 0. The lowest BCUT2D eigenvalue weighted by Gasteiger charge is -2.05. The van der Waals surface area contributed by atoms with E-state index in [4.69, 9.17) is 9.15 Å². The Morgan fingerprint density at radius 1 is 1.47 bits per heavy atom. The van der Waals surface area contributed by atoms with Crippen LogP contribution >= 0.6 is 0 Å². The zero-order chi connectivity index (χ0) is 11.9. The standard InChI is InChI=1S/C13H22N2O2/c1-2-6-14-7-5-13-15-10-12(17-13)9-11-4-3-8-16-11/h10-11,14H,2-9H2,1H3. The molecule has 0 spiro atoms. The van der Waals surface area contributed by atoms with E-state index in [1.807, 2.05) is 6.20 Å². The van der Waals surface area contributed by atoms with Gasteiger partial charge in [-0.3, -0.25) is 0 Å². The number of aromatic nitrogens is 1. The van der Waals surface area contributed by atoms with Crippen molar-refractivity contribution in [2.45, 2.75) is 45.1 Å². The number of hydrogen-bond acceptors (Lipinski definition) is 4. The Hall–Kier alpha value is -0.870. The summed E-state index contributed by atoms with van der Waals surface area (Å²) in [6.07, 6.45) is 7.41. The minimum Gasteiger partial charge on any atom is -0.446 e. The molecular weight excluding hydrogens is 216 g/mol. The van der Waals surface area contributed by atoms with E-state index in [0.29, 0.717) is 6.10 Å². The monoisotopic (exact) mass is 238 g/mol. The molecule has 0 bridgehead atoms. The van der Waals surface area contributed by atoms with Crippen molar-refractivity contribution in [2.24, 2.45) is 0 Å². The maximum Gasteiger partial charge on any atom is 0.195 e. The molecule has 1 aliphatic rings. The average Bonchev–Trinajstić information content (AvgIpc) is 2.97. The first-order valence-electron chi connectivity index (χ1n) is 6.64. The predicted octanol–water partition coefficient (Wildman–Crippen LogP) is 1.94. The van der Waals surface area contributed by atoms with Gasteiger partial charge in [-0.2, -0.15) is 0 Å². The van der Waals surface area contributed by atoms with E-state index in [9.17, 15) is 0 Å². The molecule has 2 heterocycles. The van der Waals surface area contributed by atoms with Crippen molar-refractivity contribution in [3.8, 4) is 0 Å². The first-order chi connectivity index (χ1) is 8.38. The zero-order valence-corrected chi connectivity index (χ0v) is 10.6. The van der Waals surface area contributed by atoms with Gasteiger partial charge in [0.25, 0.3) is 0 Å². The smallest absolute Gasteiger partial charge is 0.195 e. The maximum atomic E-state index is 5.69. The molecule has 17 heavy (non-hydrogen) atoms. The van der Waals surface area contributed by atoms with E-state index in [1.54, 1.807) is 0 Å². The third-order valence-electron chi connectivity index (χ3n) is 3.00. The fourth-order valence-electron chi connectivity index (χ4n) is 2.08. The number of oxazole rings is 1. The van der Waals surface area contributed by atoms with Gasteiger partial charge in [-0.25, -0.2) is 4.98 Å². The van der Waals surface area contributed by atoms with Crippen LogP contribution in [0.25, 0.3) is 0 Å². The summed E-state index contributed by atoms with van der Waals surface area (Å²) >= 11 is 0. The minimum absolute atomic E-state index is 0.342. The van der Waals surface area contributed by atoms with Crippen molar-refractivity contribution in [3.63, 3.8) is 0 Å². The summed E-state index contributed by atoms with van der Waals surface area (Å²) < 4.78 is 11.3. The molecule has 1 N–H and O–H groups in total. The van der Waals surface area contributed by atoms with Gasteiger partial charge >= 0.3 is 0 Å². The molecule has 4 heteroatoms. The SMILES string of the molecule is CCCNCCc1ncc(CC2CCCO2)o1. The summed E-state index contributed by atoms with van der Waals surface area (Å²) in [4.78, 5) is 4.29. The van der Waals surface area contributed by atoms with E-state index in [2.05, 4.69) is 17.2 Å². The van der Waals surface area contributed by atoms with Crippen molar-refractivity contribution in [1.29, 1.82) is 0 Å². The number of nitrogens with one attached hydrogen (secondary N) is 1. The molecule has 0 aliphatic carbocycles. The van der Waals surface area contributed by atoms with Crippen molar-refractivity contribution in [1.82, 2.24) is 10.3 Å². The van der Waals surface area contributed by atoms with Crippen LogP contribution < -0.4 is 5.32 Å². The number of hydrogen-bond donors (Lipinski definition) is 1. The summed E-state index contributed by atoms with van der Waals surface area (Å²) in [6.45, 7) is 5.06. The Morgan fingerprint density at radius 3 is 3.18 bits per heavy atom. The van der Waals surface area contributed by atoms with Gasteiger partial charge in [-0.1, -0.05) is 6.92 Å². The molecule has 1 saturated heterocycles. The highest BCUT2D eigenvalue weighted by atomic mass is 16.5. The van der Waals surface area contributed by atoms with Gasteiger partial charge in [0.1, 0.15) is 5.76 Å². The molecule has 0 amide bonds. The largest absolute Gasteiger partial charge is 0.446 e. The molecule has 0 aromatic carbocycles. The van der Waals surface area contributed by atoms with E-state index in [0.717, 1.165) is 57.0 Å². The molecule has 1 fully saturated rings. The van der Waals surface area contributed by atoms with Crippen LogP contribution in [0.4, 0.5) is 0 Å². The highest BCUT2D eigenvalue weighted by Crippen LogP contribution is 2.17. The minimum atomic E-state index is 0.342. The van der Waals surface area contributed by atoms with Gasteiger partial charge in [0.15, 0.2) is 5.89 Å². The lowest BCUT2D eigenvalue weighted by molar-refractivity contribution is 0.106. The fraction of sp³-hybridized carbons (Fsp3) is 0.769. The Balaban J connectivity index is 1.71. The average molecular weight is 238 g/mol. The molecule has 0 radical (unpaired) electrons. The first kappa shape index (κ1) is 12.6. The molecule has 1 aromatic heterocycles. The second-order valence-corrected chi connectivity index (χ2v) is 4.56. The lowest BCUT2D eigenvalue weighted by atomic mass is 10.1. The Labute approximate surface area is 103 Å². The van der Waals surface area contributed by atoms with E-state index in [1.165, 1.54) is 6.42 Å². The molecular formula is C13H22N2O2. The molecule has 1 unspecified atom stereocenters. The van der Waals surface area contributed by atoms with Crippen LogP contribution in [0.15, 0.2) is 10.6 Å². The van der Waals surface area contributed by atoms with Crippen LogP contribution in [-0.4, -0.2) is 30.8 Å². The Kier molecular flexibility index (Phi) is 5.01. The summed E-state index contributed by atoms with van der Waals surface area (Å²) in [6, 6.07) is 0. The van der Waals surface area contributed by atoms with Crippen molar-refractivity contribution in [2.75, 3.05) is 19.7 Å². The Bertz CT molecular complexity index is 319. The number of ether oxygens (including phenoxy) is 1. The van der Waals surface area contributed by atoms with Crippen LogP contribution in [0.2, 0.25) is 0 Å². The van der Waals surface area contributed by atoms with Gasteiger partial charge in [-0.05, 0) is 25.8 Å². The van der Waals surface area contributed by atoms with E-state index >= 15 is 0 Å². The summed E-state index contributed by atoms with van der Waals surface area (Å²) in [7, 11) is 0. The molecule has 0 saturated carbocycles. The normalized spacial score (nSPS) is 19.9. The fourth-order valence-corrected chi connectivity index (χ4v) is 2.08. The maximum absolute atomic E-state index is 5.69. The van der Waals surface area contributed by atoms with Crippen LogP contribution in [0, 0.1) is 0 Å². The third kappa shape index (κ3) is 4.13. The number of rotatable bonds is 7. The van der Waals surface area contributed by atoms with Crippen LogP contribution in [-0.2, 0) is 17.6 Å². The highest BCUT2D eigenvalue weighted by molar-refractivity contribution is 4.97. The third-order valence-corrected chi connectivity index (χ3v) is 3.00. The molecule has 2 rings (SSSR count). The van der Waals surface area contributed by atoms with Crippen LogP contribution in [0.5, 0.6) is 0 Å². The van der Waals surface area contributed by atoms with Gasteiger partial charge in [-0.15, -0.1) is 0 Å². The molecule has 1 aliphatic heterocycles.